The molecule has 0 aliphatic heterocycles. The number of carbonyl (C=O) groups excluding carboxylic acids is 1. The standard InChI is InChI=1S/C19H17N3O2/c23-17(19-9-13(19)10-19)20-11-12-5-7-14(8-6-12)22-16-4-2-1-3-15(16)21-18(22)24/h1-8,13H,9-11H2,(H,20,23)(H,21,24). The first-order valence-corrected chi connectivity index (χ1v) is 8.25. The van der Waals surface area contributed by atoms with Crippen LogP contribution in [0.2, 0.25) is 0 Å². The normalized spacial score (nSPS) is 23.8. The van der Waals surface area contributed by atoms with Gasteiger partial charge in [-0.2, -0.15) is 0 Å². The number of H-pyrrole nitrogens is 1. The molecule has 3 aromatic rings. The third-order valence-electron chi connectivity index (χ3n) is 5.37. The number of fused-ring (bicyclic) bond motifs is 2. The molecule has 2 fully saturated rings. The highest BCUT2D eigenvalue weighted by atomic mass is 16.2. The molecular formula is C19H17N3O2. The van der Waals surface area contributed by atoms with Crippen molar-refractivity contribution >= 4 is 16.9 Å². The highest BCUT2D eigenvalue weighted by Crippen LogP contribution is 2.75. The lowest BCUT2D eigenvalue weighted by molar-refractivity contribution is -0.124. The number of aromatic amines is 1. The molecule has 5 nitrogen and oxygen atoms in total. The number of amides is 1. The number of hydrogen-bond donors (Lipinski definition) is 2. The van der Waals surface area contributed by atoms with E-state index in [0.29, 0.717) is 12.5 Å². The minimum absolute atomic E-state index is 0.0112. The number of benzene rings is 2. The van der Waals surface area contributed by atoms with E-state index >= 15 is 0 Å². The number of rotatable bonds is 4. The molecule has 1 heterocycles. The fraction of sp³-hybridized carbons (Fsp3) is 0.263. The zero-order valence-electron chi connectivity index (χ0n) is 13.1. The van der Waals surface area contributed by atoms with Crippen LogP contribution in [0.3, 0.4) is 0 Å². The van der Waals surface area contributed by atoms with Crippen LogP contribution in [-0.4, -0.2) is 15.5 Å². The Morgan fingerprint density at radius 3 is 2.58 bits per heavy atom. The Morgan fingerprint density at radius 2 is 1.88 bits per heavy atom. The first-order valence-electron chi connectivity index (χ1n) is 8.25. The van der Waals surface area contributed by atoms with E-state index in [-0.39, 0.29) is 17.0 Å². The number of hydrogen-bond acceptors (Lipinski definition) is 2. The lowest BCUT2D eigenvalue weighted by Crippen LogP contribution is -2.27. The molecule has 0 atom stereocenters. The third kappa shape index (κ3) is 1.94. The van der Waals surface area contributed by atoms with E-state index in [1.165, 1.54) is 0 Å². The zero-order chi connectivity index (χ0) is 16.3. The zero-order valence-corrected chi connectivity index (χ0v) is 13.1. The van der Waals surface area contributed by atoms with Crippen LogP contribution in [0.15, 0.2) is 53.3 Å². The number of nitrogens with zero attached hydrogens (tertiary/aromatic N) is 1. The van der Waals surface area contributed by atoms with Crippen molar-refractivity contribution in [2.24, 2.45) is 11.3 Å². The van der Waals surface area contributed by atoms with Crippen molar-refractivity contribution in [1.29, 1.82) is 0 Å². The summed E-state index contributed by atoms with van der Waals surface area (Å²) in [6.07, 6.45) is 2.14. The number of carbonyl (C=O) groups is 1. The van der Waals surface area contributed by atoms with E-state index in [2.05, 4.69) is 10.3 Å². The first kappa shape index (κ1) is 13.6. The second-order valence-corrected chi connectivity index (χ2v) is 6.89. The van der Waals surface area contributed by atoms with Gasteiger partial charge in [0.2, 0.25) is 5.91 Å². The van der Waals surface area contributed by atoms with E-state index in [0.717, 1.165) is 35.1 Å². The van der Waals surface area contributed by atoms with E-state index in [1.54, 1.807) is 4.57 Å². The highest BCUT2D eigenvalue weighted by molar-refractivity contribution is 5.90. The average molecular weight is 319 g/mol. The summed E-state index contributed by atoms with van der Waals surface area (Å²) in [5.74, 6) is 0.859. The summed E-state index contributed by atoms with van der Waals surface area (Å²) < 4.78 is 1.66. The summed E-state index contributed by atoms with van der Waals surface area (Å²) in [6, 6.07) is 15.4. The Morgan fingerprint density at radius 1 is 1.17 bits per heavy atom. The van der Waals surface area contributed by atoms with Gasteiger partial charge in [-0.3, -0.25) is 9.36 Å². The summed E-state index contributed by atoms with van der Waals surface area (Å²) in [7, 11) is 0. The van der Waals surface area contributed by atoms with Gasteiger partial charge in [-0.1, -0.05) is 24.3 Å². The second kappa shape index (κ2) is 4.60. The SMILES string of the molecule is O=C(NCc1ccc(-n2c(=O)[nH]c3ccccc32)cc1)C12CC1C2. The Kier molecular flexibility index (Phi) is 2.61. The van der Waals surface area contributed by atoms with Crippen LogP contribution < -0.4 is 11.0 Å². The van der Waals surface area contributed by atoms with Gasteiger partial charge in [0.05, 0.1) is 22.1 Å². The molecule has 0 spiro atoms. The quantitative estimate of drug-likeness (QED) is 0.775. The molecule has 0 radical (unpaired) electrons. The van der Waals surface area contributed by atoms with Gasteiger partial charge in [0, 0.05) is 6.54 Å². The smallest absolute Gasteiger partial charge is 0.331 e. The third-order valence-corrected chi connectivity index (χ3v) is 5.37. The maximum atomic E-state index is 12.2. The predicted molar refractivity (Wildman–Crippen MR) is 90.9 cm³/mol. The molecular weight excluding hydrogens is 302 g/mol. The van der Waals surface area contributed by atoms with Gasteiger partial charge < -0.3 is 10.3 Å². The van der Waals surface area contributed by atoms with Crippen LogP contribution in [0.5, 0.6) is 0 Å². The molecule has 0 saturated heterocycles. The molecule has 2 aliphatic rings. The van der Waals surface area contributed by atoms with Gasteiger partial charge >= 0.3 is 5.69 Å². The minimum atomic E-state index is -0.148. The van der Waals surface area contributed by atoms with Gasteiger partial charge in [-0.25, -0.2) is 4.79 Å². The average Bonchev–Trinajstić information content (AvgIpc) is 3.43. The van der Waals surface area contributed by atoms with Crippen molar-refractivity contribution in [3.05, 3.63) is 64.6 Å². The van der Waals surface area contributed by atoms with Crippen LogP contribution in [0, 0.1) is 11.3 Å². The summed E-state index contributed by atoms with van der Waals surface area (Å²) in [6.45, 7) is 0.538. The van der Waals surface area contributed by atoms with Crippen LogP contribution in [0.25, 0.3) is 16.7 Å². The topological polar surface area (TPSA) is 66.9 Å². The lowest BCUT2D eigenvalue weighted by Gasteiger charge is -2.08. The summed E-state index contributed by atoms with van der Waals surface area (Å²) in [5.41, 5.74) is 3.39. The highest BCUT2D eigenvalue weighted by Gasteiger charge is 2.74. The Balaban J connectivity index is 1.38. The minimum Gasteiger partial charge on any atom is -0.352 e. The molecule has 1 amide bonds. The summed E-state index contributed by atoms with van der Waals surface area (Å²) >= 11 is 0. The van der Waals surface area contributed by atoms with Crippen LogP contribution in [0.1, 0.15) is 18.4 Å². The van der Waals surface area contributed by atoms with Gasteiger partial charge in [-0.05, 0) is 48.6 Å². The second-order valence-electron chi connectivity index (χ2n) is 6.89. The molecule has 5 rings (SSSR count). The van der Waals surface area contributed by atoms with Gasteiger partial charge in [0.25, 0.3) is 0 Å². The van der Waals surface area contributed by atoms with Crippen molar-refractivity contribution in [2.45, 2.75) is 19.4 Å². The Bertz CT molecular complexity index is 1010. The first-order chi connectivity index (χ1) is 11.7. The molecule has 0 bridgehead atoms. The molecule has 2 aromatic carbocycles. The molecule has 2 saturated carbocycles. The summed E-state index contributed by atoms with van der Waals surface area (Å²) in [4.78, 5) is 27.1. The predicted octanol–water partition coefficient (Wildman–Crippen LogP) is 2.34. The van der Waals surface area contributed by atoms with Crippen LogP contribution in [-0.2, 0) is 11.3 Å². The van der Waals surface area contributed by atoms with E-state index in [1.807, 2.05) is 48.5 Å². The van der Waals surface area contributed by atoms with Crippen molar-refractivity contribution in [2.75, 3.05) is 0 Å². The lowest BCUT2D eigenvalue weighted by atomic mass is 10.1. The monoisotopic (exact) mass is 319 g/mol. The molecule has 5 heteroatoms. The van der Waals surface area contributed by atoms with E-state index in [4.69, 9.17) is 0 Å². The van der Waals surface area contributed by atoms with Crippen molar-refractivity contribution in [3.8, 4) is 5.69 Å². The van der Waals surface area contributed by atoms with Gasteiger partial charge in [-0.15, -0.1) is 0 Å². The number of imidazole rings is 1. The Labute approximate surface area is 138 Å². The summed E-state index contributed by atoms with van der Waals surface area (Å²) in [5, 5.41) is 3.02. The number of nitrogens with one attached hydrogen (secondary N) is 2. The van der Waals surface area contributed by atoms with E-state index in [9.17, 15) is 9.59 Å². The molecule has 1 aromatic heterocycles. The largest absolute Gasteiger partial charge is 0.352 e. The molecule has 24 heavy (non-hydrogen) atoms. The fourth-order valence-corrected chi connectivity index (χ4v) is 3.50. The van der Waals surface area contributed by atoms with Crippen LogP contribution in [0.4, 0.5) is 0 Å². The Hall–Kier alpha value is -2.82. The number of para-hydroxylation sites is 2. The van der Waals surface area contributed by atoms with Crippen molar-refractivity contribution in [3.63, 3.8) is 0 Å². The van der Waals surface area contributed by atoms with Gasteiger partial charge in [0.1, 0.15) is 0 Å². The van der Waals surface area contributed by atoms with Crippen LogP contribution >= 0.6 is 0 Å². The molecule has 0 unspecified atom stereocenters. The van der Waals surface area contributed by atoms with Gasteiger partial charge in [0.15, 0.2) is 0 Å². The fourth-order valence-electron chi connectivity index (χ4n) is 3.50. The molecule has 2 aliphatic carbocycles. The van der Waals surface area contributed by atoms with Crippen molar-refractivity contribution in [1.82, 2.24) is 14.9 Å². The maximum absolute atomic E-state index is 12.2. The maximum Gasteiger partial charge on any atom is 0.331 e. The number of aromatic nitrogens is 2. The van der Waals surface area contributed by atoms with Crippen molar-refractivity contribution < 1.29 is 4.79 Å². The molecule has 2 N–H and O–H groups in total. The molecule has 120 valence electrons. The van der Waals surface area contributed by atoms with E-state index < -0.39 is 0 Å².